The Morgan fingerprint density at radius 2 is 1.96 bits per heavy atom. The minimum atomic E-state index is -2.10. The lowest BCUT2D eigenvalue weighted by atomic mass is 10.1. The van der Waals surface area contributed by atoms with E-state index in [1.807, 2.05) is 0 Å². The zero-order chi connectivity index (χ0) is 18.2. The van der Waals surface area contributed by atoms with Gasteiger partial charge in [0.2, 0.25) is 0 Å². The first kappa shape index (κ1) is 18.8. The molecule has 132 valence electrons. The molecule has 0 spiro atoms. The van der Waals surface area contributed by atoms with Crippen molar-refractivity contribution < 1.29 is 27.5 Å². The monoisotopic (exact) mass is 366 g/mol. The highest BCUT2D eigenvalue weighted by Gasteiger charge is 2.13. The molecule has 0 saturated heterocycles. The maximum atomic E-state index is 13.4. The fourth-order valence-corrected chi connectivity index (χ4v) is 2.32. The quantitative estimate of drug-likeness (QED) is 0.331. The lowest BCUT2D eigenvalue weighted by molar-refractivity contribution is -0.134. The Bertz CT molecular complexity index is 800. The molecule has 1 aromatic heterocycles. The highest BCUT2D eigenvalue weighted by Crippen LogP contribution is 2.16. The van der Waals surface area contributed by atoms with Gasteiger partial charge in [-0.3, -0.25) is 9.59 Å². The van der Waals surface area contributed by atoms with E-state index in [1.54, 1.807) is 6.07 Å². The van der Waals surface area contributed by atoms with Crippen molar-refractivity contribution in [1.82, 2.24) is 9.97 Å². The summed E-state index contributed by atoms with van der Waals surface area (Å²) in [6.45, 7) is 0. The van der Waals surface area contributed by atoms with Crippen LogP contribution in [0, 0.1) is 5.82 Å². The van der Waals surface area contributed by atoms with Gasteiger partial charge < -0.3 is 9.29 Å². The summed E-state index contributed by atoms with van der Waals surface area (Å²) >= 11 is -2.10. The third kappa shape index (κ3) is 6.12. The Balaban J connectivity index is 1.83. The molecule has 0 amide bonds. The Morgan fingerprint density at radius 3 is 2.68 bits per heavy atom. The molecule has 1 unspecified atom stereocenters. The molecule has 0 fully saturated rings. The number of benzene rings is 1. The number of carbonyl (C=O) groups is 2. The van der Waals surface area contributed by atoms with Crippen LogP contribution in [0.2, 0.25) is 0 Å². The average molecular weight is 366 g/mol. The number of Topliss-reactive ketones (excluding diaryl/α,β-unsaturated/α-hetero) is 1. The number of hydrogen-bond donors (Lipinski definition) is 1. The number of ketones is 1. The molecule has 1 N–H and O–H groups in total. The molecule has 0 saturated carbocycles. The third-order valence-electron chi connectivity index (χ3n) is 3.09. The van der Waals surface area contributed by atoms with Crippen molar-refractivity contribution in [3.05, 3.63) is 53.9 Å². The van der Waals surface area contributed by atoms with E-state index in [4.69, 9.17) is 9.29 Å². The fraction of sp³-hybridized carbons (Fsp3) is 0.250. The molecule has 0 aliphatic heterocycles. The molecule has 0 radical (unpaired) electrons. The van der Waals surface area contributed by atoms with Crippen molar-refractivity contribution in [1.29, 1.82) is 0 Å². The number of carbonyl (C=O) groups excluding carboxylic acids is 2. The number of nitrogens with zero attached hydrogens (tertiary/aromatic N) is 2. The van der Waals surface area contributed by atoms with Gasteiger partial charge in [-0.05, 0) is 24.6 Å². The van der Waals surface area contributed by atoms with E-state index in [2.05, 4.69) is 9.97 Å². The Labute approximate surface area is 145 Å². The number of hydrogen-bond acceptors (Lipinski definition) is 6. The predicted octanol–water partition coefficient (Wildman–Crippen LogP) is 2.30. The second-order valence-corrected chi connectivity index (χ2v) is 5.94. The topological polar surface area (TPSA) is 106 Å². The molecule has 25 heavy (non-hydrogen) atoms. The molecule has 7 nitrogen and oxygen atoms in total. The summed E-state index contributed by atoms with van der Waals surface area (Å²) in [5.41, 5.74) is 0.109. The van der Waals surface area contributed by atoms with Crippen LogP contribution in [0.1, 0.15) is 35.6 Å². The zero-order valence-corrected chi connectivity index (χ0v) is 13.9. The van der Waals surface area contributed by atoms with Crippen molar-refractivity contribution in [3.63, 3.8) is 0 Å². The number of aromatic nitrogens is 2. The summed E-state index contributed by atoms with van der Waals surface area (Å²) in [6, 6.07) is 6.93. The molecule has 0 aliphatic carbocycles. The maximum Gasteiger partial charge on any atom is 0.311 e. The number of para-hydroxylation sites is 1. The molecule has 0 bridgehead atoms. The van der Waals surface area contributed by atoms with Crippen LogP contribution in [0.25, 0.3) is 0 Å². The van der Waals surface area contributed by atoms with Gasteiger partial charge in [-0.1, -0.05) is 12.1 Å². The van der Waals surface area contributed by atoms with Gasteiger partial charge in [0.25, 0.3) is 0 Å². The Kier molecular flexibility index (Phi) is 6.84. The van der Waals surface area contributed by atoms with E-state index in [0.717, 1.165) is 0 Å². The standard InChI is InChI=1S/C16H15FN2O5S/c17-11-4-1-2-6-14(11)24-16(21)7-3-5-13(20)12-8-9-18-15(19-12)10-25(22)23/h1-2,4,6,8-9H,3,5,7,10H2,(H,22,23). The molecular weight excluding hydrogens is 351 g/mol. The summed E-state index contributed by atoms with van der Waals surface area (Å²) < 4.78 is 37.8. The van der Waals surface area contributed by atoms with Crippen molar-refractivity contribution >= 4 is 22.8 Å². The van der Waals surface area contributed by atoms with E-state index in [1.165, 1.54) is 30.5 Å². The lowest BCUT2D eigenvalue weighted by Gasteiger charge is -2.05. The lowest BCUT2D eigenvalue weighted by Crippen LogP contribution is -2.11. The summed E-state index contributed by atoms with van der Waals surface area (Å²) in [7, 11) is 0. The summed E-state index contributed by atoms with van der Waals surface area (Å²) in [6.07, 6.45) is 1.51. The first-order valence-corrected chi connectivity index (χ1v) is 8.61. The van der Waals surface area contributed by atoms with Crippen LogP contribution >= 0.6 is 0 Å². The average Bonchev–Trinajstić information content (AvgIpc) is 2.56. The van der Waals surface area contributed by atoms with Crippen LogP contribution in [-0.4, -0.2) is 30.5 Å². The van der Waals surface area contributed by atoms with E-state index >= 15 is 0 Å². The molecule has 2 rings (SSSR count). The van der Waals surface area contributed by atoms with Gasteiger partial charge in [-0.25, -0.2) is 18.6 Å². The molecule has 9 heteroatoms. The normalized spacial score (nSPS) is 11.8. The van der Waals surface area contributed by atoms with Crippen molar-refractivity contribution in [2.45, 2.75) is 25.0 Å². The van der Waals surface area contributed by atoms with Crippen molar-refractivity contribution in [2.24, 2.45) is 0 Å². The number of esters is 1. The smallest absolute Gasteiger partial charge is 0.311 e. The molecule has 1 atom stereocenters. The Hall–Kier alpha value is -2.52. The zero-order valence-electron chi connectivity index (χ0n) is 13.1. The molecule has 1 aromatic carbocycles. The van der Waals surface area contributed by atoms with Gasteiger partial charge in [0.1, 0.15) is 17.3 Å². The fourth-order valence-electron chi connectivity index (χ4n) is 1.96. The van der Waals surface area contributed by atoms with E-state index in [9.17, 15) is 18.2 Å². The minimum Gasteiger partial charge on any atom is -0.423 e. The molecule has 0 aliphatic rings. The van der Waals surface area contributed by atoms with Crippen LogP contribution < -0.4 is 4.74 Å². The Morgan fingerprint density at radius 1 is 1.20 bits per heavy atom. The van der Waals surface area contributed by atoms with Crippen LogP contribution in [0.4, 0.5) is 4.39 Å². The van der Waals surface area contributed by atoms with Crippen molar-refractivity contribution in [3.8, 4) is 5.75 Å². The van der Waals surface area contributed by atoms with Crippen LogP contribution in [0.3, 0.4) is 0 Å². The van der Waals surface area contributed by atoms with Gasteiger partial charge in [-0.15, -0.1) is 0 Å². The second-order valence-electron chi connectivity index (χ2n) is 5.01. The highest BCUT2D eigenvalue weighted by atomic mass is 32.2. The number of halogens is 1. The van der Waals surface area contributed by atoms with Gasteiger partial charge in [0.15, 0.2) is 28.4 Å². The minimum absolute atomic E-state index is 0.0328. The van der Waals surface area contributed by atoms with Crippen LogP contribution in [0.5, 0.6) is 5.75 Å². The first-order valence-electron chi connectivity index (χ1n) is 7.33. The number of ether oxygens (including phenoxy) is 1. The summed E-state index contributed by atoms with van der Waals surface area (Å²) in [5.74, 6) is -1.94. The third-order valence-corrected chi connectivity index (χ3v) is 3.59. The molecule has 2 aromatic rings. The highest BCUT2D eigenvalue weighted by molar-refractivity contribution is 7.78. The van der Waals surface area contributed by atoms with Gasteiger partial charge in [0, 0.05) is 19.0 Å². The van der Waals surface area contributed by atoms with Gasteiger partial charge in [0.05, 0.1) is 0 Å². The van der Waals surface area contributed by atoms with E-state index < -0.39 is 22.9 Å². The summed E-state index contributed by atoms with van der Waals surface area (Å²) in [4.78, 5) is 31.4. The molecule has 1 heterocycles. The molecular formula is C16H15FN2O5S. The maximum absolute atomic E-state index is 13.4. The second kappa shape index (κ2) is 9.09. The van der Waals surface area contributed by atoms with Crippen LogP contribution in [0.15, 0.2) is 36.5 Å². The predicted molar refractivity (Wildman–Crippen MR) is 86.7 cm³/mol. The largest absolute Gasteiger partial charge is 0.423 e. The van der Waals surface area contributed by atoms with Crippen LogP contribution in [-0.2, 0) is 21.6 Å². The van der Waals surface area contributed by atoms with Crippen molar-refractivity contribution in [2.75, 3.05) is 0 Å². The van der Waals surface area contributed by atoms with Gasteiger partial charge in [-0.2, -0.15) is 0 Å². The van der Waals surface area contributed by atoms with Gasteiger partial charge >= 0.3 is 5.97 Å². The van der Waals surface area contributed by atoms with E-state index in [0.29, 0.717) is 0 Å². The SMILES string of the molecule is O=C(CCCC(=O)c1ccnc(CS(=O)O)n1)Oc1ccccc1F. The van der Waals surface area contributed by atoms with E-state index in [-0.39, 0.29) is 48.1 Å². The summed E-state index contributed by atoms with van der Waals surface area (Å²) in [5, 5.41) is 0. The number of rotatable bonds is 8. The first-order chi connectivity index (χ1) is 12.0.